The first-order valence-corrected chi connectivity index (χ1v) is 41.7. The molecule has 0 radical (unpaired) electrons. The van der Waals surface area contributed by atoms with E-state index < -0.39 is 54.6 Å². The van der Waals surface area contributed by atoms with Crippen molar-refractivity contribution in [1.82, 2.24) is 35.3 Å². The zero-order chi connectivity index (χ0) is 81.5. The maximum Gasteiger partial charge on any atom is 0.524 e. The molecule has 616 valence electrons. The van der Waals surface area contributed by atoms with Crippen LogP contribution in [0.4, 0.5) is 26.7 Å². The van der Waals surface area contributed by atoms with Crippen LogP contribution in [-0.2, 0) is 77.9 Å². The van der Waals surface area contributed by atoms with Crippen LogP contribution in [0.25, 0.3) is 21.8 Å². The monoisotopic (exact) mass is 1670 g/mol. The highest BCUT2D eigenvalue weighted by molar-refractivity contribution is 8.03. The Bertz CT molecular complexity index is 4390. The number of urea groups is 1. The van der Waals surface area contributed by atoms with Gasteiger partial charge < -0.3 is 93.7 Å². The Morgan fingerprint density at radius 2 is 1.25 bits per heavy atom. The van der Waals surface area contributed by atoms with Crippen molar-refractivity contribution in [1.29, 1.82) is 0 Å². The first-order chi connectivity index (χ1) is 54.0. The van der Waals surface area contributed by atoms with Crippen molar-refractivity contribution in [3.8, 4) is 11.5 Å². The van der Waals surface area contributed by atoms with Crippen LogP contribution in [0, 0.1) is 36.5 Å². The number of nitrogens with one attached hydrogen (secondary N) is 5. The lowest BCUT2D eigenvalue weighted by atomic mass is 9.34. The van der Waals surface area contributed by atoms with Gasteiger partial charge in [0.15, 0.2) is 17.3 Å². The zero-order valence-electron chi connectivity index (χ0n) is 64.4. The number of thioether (sulfide) groups is 1. The molecule has 5 heterocycles. The molecule has 3 aliphatic carbocycles. The number of phosphoric acid groups is 1. The number of imide groups is 1. The van der Waals surface area contributed by atoms with E-state index in [1.807, 2.05) is 20.0 Å². The largest absolute Gasteiger partial charge is 0.524 e. The van der Waals surface area contributed by atoms with Gasteiger partial charge in [-0.3, -0.25) is 48.2 Å². The lowest BCUT2D eigenvalue weighted by molar-refractivity contribution is -0.205. The van der Waals surface area contributed by atoms with Crippen LogP contribution in [-0.4, -0.2) is 250 Å². The summed E-state index contributed by atoms with van der Waals surface area (Å²) in [5, 5.41) is 9.84. The van der Waals surface area contributed by atoms with E-state index in [2.05, 4.69) is 25.9 Å². The van der Waals surface area contributed by atoms with Crippen molar-refractivity contribution >= 4 is 152 Å². The number of aryl methyl sites for hydroxylation is 2. The number of carbonyl (C=O) groups excluding carboxylic acids is 9. The fourth-order valence-electron chi connectivity index (χ4n) is 15.1. The minimum Gasteiger partial charge on any atom is -0.466 e. The Morgan fingerprint density at radius 1 is 0.743 bits per heavy atom. The summed E-state index contributed by atoms with van der Waals surface area (Å²) >= 11 is 20.1. The average Bonchev–Trinajstić information content (AvgIpc) is 1.57. The van der Waals surface area contributed by atoms with E-state index in [1.165, 1.54) is 28.8 Å². The maximum atomic E-state index is 15.0. The second kappa shape index (κ2) is 39.6. The first kappa shape index (κ1) is 87.4. The number of aromatic nitrogens is 2. The number of ketones is 1. The molecule has 113 heavy (non-hydrogen) atoms. The number of anilines is 3. The number of amides is 9. The van der Waals surface area contributed by atoms with Gasteiger partial charge in [-0.25, -0.2) is 14.2 Å². The summed E-state index contributed by atoms with van der Waals surface area (Å²) in [4.78, 5) is 154. The third-order valence-electron chi connectivity index (χ3n) is 20.8. The van der Waals surface area contributed by atoms with Crippen molar-refractivity contribution in [3.63, 3.8) is 0 Å². The lowest BCUT2D eigenvalue weighted by Gasteiger charge is -2.69. The fraction of sp³-hybridized carbons (Fsp3) is 0.553. The molecule has 4 atom stereocenters. The third kappa shape index (κ3) is 21.4. The topological polar surface area (TPSA) is 404 Å². The molecule has 11 rings (SSSR count). The predicted octanol–water partition coefficient (Wildman–Crippen LogP) is 8.02. The number of alkyl halides is 2. The number of thiocarbonyl (C=S) groups is 1. The van der Waals surface area contributed by atoms with Gasteiger partial charge in [-0.2, -0.15) is 0 Å². The van der Waals surface area contributed by atoms with Crippen LogP contribution in [0.3, 0.4) is 0 Å². The molecule has 6 aliphatic rings. The molecule has 0 saturated heterocycles. The second-order valence-corrected chi connectivity index (χ2v) is 32.2. The minimum absolute atomic E-state index is 0.0208. The second-order valence-electron chi connectivity index (χ2n) is 29.2. The number of primary amides is 1. The number of fused-ring (bicyclic) bond motifs is 6. The highest BCUT2D eigenvalue weighted by Crippen LogP contribution is 2.75. The van der Waals surface area contributed by atoms with E-state index in [-0.39, 0.29) is 167 Å². The van der Waals surface area contributed by atoms with Crippen molar-refractivity contribution in [2.45, 2.75) is 97.1 Å². The van der Waals surface area contributed by atoms with Gasteiger partial charge in [-0.1, -0.05) is 26.0 Å². The van der Waals surface area contributed by atoms with Gasteiger partial charge in [0.1, 0.15) is 6.61 Å². The number of Topliss-reactive ketones (excluding diaryl/α,β-unsaturated/α-hetero) is 1. The van der Waals surface area contributed by atoms with Crippen LogP contribution >= 0.6 is 55.0 Å². The Labute approximate surface area is 674 Å². The minimum atomic E-state index is -4.99. The molecule has 0 spiro atoms. The summed E-state index contributed by atoms with van der Waals surface area (Å²) in [5.74, 6) is -3.37. The molecule has 9 N–H and O–H groups in total. The molecule has 3 saturated carbocycles. The Balaban J connectivity index is 0.623. The number of phosphoric ester groups is 1. The van der Waals surface area contributed by atoms with E-state index in [0.717, 1.165) is 32.5 Å². The molecular formula is C76H100Cl2N11O21PS2. The van der Waals surface area contributed by atoms with Gasteiger partial charge in [0.2, 0.25) is 23.6 Å². The highest BCUT2D eigenvalue weighted by atomic mass is 35.5. The number of likely N-dealkylation sites (N-methyl/N-ethyl adjacent to an activating group) is 2. The summed E-state index contributed by atoms with van der Waals surface area (Å²) < 4.78 is 62.5. The molecule has 37 heteroatoms. The number of nitrogens with zero attached hydrogens (tertiary/aromatic N) is 5. The summed E-state index contributed by atoms with van der Waals surface area (Å²) in [6.07, 6.45) is 7.12. The number of nitrogens with two attached hydrogens (primary N) is 1. The Hall–Kier alpha value is -7.96. The van der Waals surface area contributed by atoms with Crippen molar-refractivity contribution in [3.05, 3.63) is 87.6 Å². The molecule has 0 unspecified atom stereocenters. The van der Waals surface area contributed by atoms with Crippen LogP contribution in [0.5, 0.6) is 11.5 Å². The Kier molecular flexibility index (Phi) is 30.6. The molecule has 2 aromatic heterocycles. The number of rotatable bonds is 45. The van der Waals surface area contributed by atoms with Crippen molar-refractivity contribution in [2.24, 2.45) is 28.4 Å². The van der Waals surface area contributed by atoms with Gasteiger partial charge >= 0.3 is 19.9 Å². The summed E-state index contributed by atoms with van der Waals surface area (Å²) in [6, 6.07) is 8.41. The predicted molar refractivity (Wildman–Crippen MR) is 427 cm³/mol. The van der Waals surface area contributed by atoms with Crippen LogP contribution in [0.1, 0.15) is 98.4 Å². The number of H-pyrrole nitrogens is 2. The summed E-state index contributed by atoms with van der Waals surface area (Å²) in [5.41, 5.74) is 10.0. The highest BCUT2D eigenvalue weighted by Gasteiger charge is 2.76. The summed E-state index contributed by atoms with van der Waals surface area (Å²) in [6.45, 7) is 12.2. The number of ether oxygens (including phenoxy) is 8. The third-order valence-corrected chi connectivity index (χ3v) is 23.2. The average molecular weight is 1670 g/mol. The lowest BCUT2D eigenvalue weighted by Crippen LogP contribution is -2.73. The molecular weight excluding hydrogens is 1570 g/mol. The van der Waals surface area contributed by atoms with Crippen LogP contribution in [0.2, 0.25) is 0 Å². The quantitative estimate of drug-likeness (QED) is 0.00601. The van der Waals surface area contributed by atoms with E-state index in [9.17, 15) is 57.5 Å². The van der Waals surface area contributed by atoms with Gasteiger partial charge in [-0.15, -0.1) is 35.0 Å². The van der Waals surface area contributed by atoms with Gasteiger partial charge in [-0.05, 0) is 110 Å². The van der Waals surface area contributed by atoms with Crippen molar-refractivity contribution in [2.75, 3.05) is 166 Å². The maximum absolute atomic E-state index is 15.0. The molecule has 3 fully saturated rings. The van der Waals surface area contributed by atoms with E-state index in [0.29, 0.717) is 122 Å². The number of halogens is 2. The van der Waals surface area contributed by atoms with E-state index in [4.69, 9.17) is 83.6 Å². The molecule has 2 bridgehead atoms. The molecule has 3 aromatic carbocycles. The number of benzene rings is 3. The molecule has 5 aromatic rings. The molecule has 3 aliphatic heterocycles. The summed E-state index contributed by atoms with van der Waals surface area (Å²) in [7, 11) is -1.69. The number of hydrogen-bond donors (Lipinski definition) is 8. The fourth-order valence-corrected chi connectivity index (χ4v) is 16.6. The molecule has 32 nitrogen and oxygen atoms in total. The van der Waals surface area contributed by atoms with E-state index >= 15 is 0 Å². The SMILES string of the molecule is CSC1=CC(=O)N(CCOCCOCCOCCOCCOCCOCCC(=O)N[C@H](C(=O)C[C@@H](CCCNC(N)=O)C(=O)Nc2ccc(COC(=S)N(C)CCN(C)C(=O)Oc3cc4c(c5c(C)c[nH]c35)[C@H](CCl)CN4C(=O)C34CC(C(=O)N5C[C@@H](CCl)c6c5cc(OP(=O)(O)O)c5[nH]cc(C)c65)(C3)C4)cc2)C(C)C)C1=O. The van der Waals surface area contributed by atoms with E-state index in [1.54, 1.807) is 85.4 Å². The number of carbonyl (C=O) groups is 9. The Morgan fingerprint density at radius 3 is 1.74 bits per heavy atom. The van der Waals surface area contributed by atoms with Crippen molar-refractivity contribution < 1.29 is 99.9 Å². The standard InChI is InChI=1S/C76H100Cl2N11O21PS2/c1-45(2)65(84-59(91)14-19-102-21-23-104-25-27-106-29-30-107-28-26-105-24-22-103-20-18-87-60(92)34-58(113-7)69(87)94)55(90)31-49(9-8-15-80-72(79)97)68(93)83-52-12-10-48(11-13-52)41-108-74(112)86(6)17-16-85(5)73(98)109-56-32-53-63(61-46(3)37-81-66(56)61)50(35-77)39-88(53)70(95)75-42-76(43-75,44-75)71(96)89-40-51(36-78)64-54(89)33-57(110-111(99,100)101)67-62(64)47(4)38-82-67/h10-13,32-34,37-38,45,49-51,65,81-82H,8-9,14-31,35-36,39-44H2,1-7H3,(H,83,93)(H,84,91)(H3,79,80,97)(H2,99,100,101)/t49-,50-,51-,65+,75?,76?/m1/s1. The molecule has 9 amide bonds. The van der Waals surface area contributed by atoms with Crippen LogP contribution in [0.15, 0.2) is 59.8 Å². The van der Waals surface area contributed by atoms with Crippen LogP contribution < -0.4 is 40.7 Å². The normalized spacial score (nSPS) is 18.7. The smallest absolute Gasteiger partial charge is 0.466 e. The van der Waals surface area contributed by atoms with Gasteiger partial charge in [0, 0.05) is 136 Å². The van der Waals surface area contributed by atoms with Gasteiger partial charge in [0.25, 0.3) is 17.0 Å². The zero-order valence-corrected chi connectivity index (χ0v) is 68.4. The first-order valence-electron chi connectivity index (χ1n) is 37.5. The number of hydrogen-bond acceptors (Lipinski definition) is 21. The number of aromatic amines is 2. The van der Waals surface area contributed by atoms with Gasteiger partial charge in [0.05, 0.1) is 130 Å².